The fraction of sp³-hybridized carbons (Fsp3) is 0.400. The van der Waals surface area contributed by atoms with Gasteiger partial charge >= 0.3 is 0 Å². The van der Waals surface area contributed by atoms with E-state index in [0.29, 0.717) is 17.9 Å². The molecule has 7 nitrogen and oxygen atoms in total. The molecule has 0 N–H and O–H groups in total. The zero-order valence-corrected chi connectivity index (χ0v) is 15.4. The maximum absolute atomic E-state index is 12.8. The van der Waals surface area contributed by atoms with E-state index in [1.54, 1.807) is 16.9 Å². The third kappa shape index (κ3) is 3.83. The number of fused-ring (bicyclic) bond motifs is 1. The number of aromatic nitrogens is 4. The lowest BCUT2D eigenvalue weighted by atomic mass is 10.0. The quantitative estimate of drug-likeness (QED) is 0.695. The van der Waals surface area contributed by atoms with E-state index in [0.717, 1.165) is 43.5 Å². The molecule has 1 atom stereocenters. The van der Waals surface area contributed by atoms with Gasteiger partial charge in [0.1, 0.15) is 6.33 Å². The van der Waals surface area contributed by atoms with Crippen molar-refractivity contribution < 1.29 is 9.53 Å². The summed E-state index contributed by atoms with van der Waals surface area (Å²) in [7, 11) is 0. The van der Waals surface area contributed by atoms with Crippen molar-refractivity contribution in [1.82, 2.24) is 24.5 Å². The molecule has 27 heavy (non-hydrogen) atoms. The van der Waals surface area contributed by atoms with Gasteiger partial charge in [-0.3, -0.25) is 9.20 Å². The van der Waals surface area contributed by atoms with Crippen LogP contribution in [0.4, 0.5) is 0 Å². The summed E-state index contributed by atoms with van der Waals surface area (Å²) in [5.41, 5.74) is 2.65. The summed E-state index contributed by atoms with van der Waals surface area (Å²) >= 11 is 0. The molecule has 1 aromatic carbocycles. The van der Waals surface area contributed by atoms with Crippen LogP contribution in [0.15, 0.2) is 43.0 Å². The molecule has 3 aromatic rings. The van der Waals surface area contributed by atoms with Crippen LogP contribution in [-0.4, -0.2) is 56.2 Å². The Morgan fingerprint density at radius 3 is 2.93 bits per heavy atom. The SMILES string of the molecule is CCCO[C@@H]1CCCN(C(=O)c2ccc(-c3cnc4nncn4c3)cc2)C1. The number of ether oxygens (including phenoxy) is 1. The van der Waals surface area contributed by atoms with Crippen molar-refractivity contribution in [3.63, 3.8) is 0 Å². The Bertz CT molecular complexity index is 922. The smallest absolute Gasteiger partial charge is 0.254 e. The highest BCUT2D eigenvalue weighted by Gasteiger charge is 2.24. The number of hydrogen-bond acceptors (Lipinski definition) is 5. The zero-order chi connectivity index (χ0) is 18.6. The minimum absolute atomic E-state index is 0.0683. The standard InChI is InChI=1S/C20H23N5O2/c1-2-10-27-18-4-3-9-24(13-18)19(26)16-7-5-15(6-8-16)17-11-21-20-23-22-14-25(20)12-17/h5-8,11-12,14,18H,2-4,9-10,13H2,1H3/t18-/m1/s1. The lowest BCUT2D eigenvalue weighted by Crippen LogP contribution is -2.43. The molecule has 0 radical (unpaired) electrons. The first kappa shape index (κ1) is 17.6. The molecule has 0 bridgehead atoms. The van der Waals surface area contributed by atoms with Crippen molar-refractivity contribution >= 4 is 11.7 Å². The predicted molar refractivity (Wildman–Crippen MR) is 101 cm³/mol. The van der Waals surface area contributed by atoms with E-state index < -0.39 is 0 Å². The van der Waals surface area contributed by atoms with Crippen molar-refractivity contribution in [2.75, 3.05) is 19.7 Å². The third-order valence-corrected chi connectivity index (χ3v) is 4.84. The monoisotopic (exact) mass is 365 g/mol. The summed E-state index contributed by atoms with van der Waals surface area (Å²) in [5, 5.41) is 7.75. The summed E-state index contributed by atoms with van der Waals surface area (Å²) in [4.78, 5) is 19.0. The van der Waals surface area contributed by atoms with Crippen LogP contribution in [0.2, 0.25) is 0 Å². The minimum Gasteiger partial charge on any atom is -0.376 e. The molecule has 1 amide bonds. The Hall–Kier alpha value is -2.80. The van der Waals surface area contributed by atoms with E-state index in [9.17, 15) is 4.79 Å². The lowest BCUT2D eigenvalue weighted by molar-refractivity contribution is 0.00211. The average Bonchev–Trinajstić information content (AvgIpc) is 3.20. The van der Waals surface area contributed by atoms with Crippen LogP contribution in [0, 0.1) is 0 Å². The molecule has 0 unspecified atom stereocenters. The molecule has 0 aliphatic carbocycles. The van der Waals surface area contributed by atoms with E-state index in [-0.39, 0.29) is 12.0 Å². The summed E-state index contributed by atoms with van der Waals surface area (Å²) in [6, 6.07) is 7.67. The van der Waals surface area contributed by atoms with Crippen molar-refractivity contribution in [1.29, 1.82) is 0 Å². The summed E-state index contributed by atoms with van der Waals surface area (Å²) in [6.45, 7) is 4.33. The highest BCUT2D eigenvalue weighted by molar-refractivity contribution is 5.94. The molecule has 7 heteroatoms. The number of rotatable bonds is 5. The molecule has 1 fully saturated rings. The Balaban J connectivity index is 1.47. The van der Waals surface area contributed by atoms with Crippen LogP contribution >= 0.6 is 0 Å². The van der Waals surface area contributed by atoms with Gasteiger partial charge in [0.15, 0.2) is 0 Å². The number of carbonyl (C=O) groups excluding carboxylic acids is 1. The predicted octanol–water partition coefficient (Wildman–Crippen LogP) is 2.82. The fourth-order valence-electron chi connectivity index (χ4n) is 3.41. The zero-order valence-electron chi connectivity index (χ0n) is 15.4. The van der Waals surface area contributed by atoms with Gasteiger partial charge in [-0.1, -0.05) is 19.1 Å². The second-order valence-electron chi connectivity index (χ2n) is 6.84. The van der Waals surface area contributed by atoms with Crippen LogP contribution in [-0.2, 0) is 4.74 Å². The minimum atomic E-state index is 0.0683. The second kappa shape index (κ2) is 7.84. The summed E-state index contributed by atoms with van der Waals surface area (Å²) < 4.78 is 7.62. The first-order valence-corrected chi connectivity index (χ1v) is 9.41. The number of carbonyl (C=O) groups is 1. The molecule has 1 aliphatic rings. The number of hydrogen-bond donors (Lipinski definition) is 0. The Morgan fingerprint density at radius 1 is 1.26 bits per heavy atom. The number of likely N-dealkylation sites (tertiary alicyclic amines) is 1. The van der Waals surface area contributed by atoms with E-state index >= 15 is 0 Å². The maximum atomic E-state index is 12.8. The molecule has 1 aliphatic heterocycles. The molecule has 0 saturated carbocycles. The highest BCUT2D eigenvalue weighted by Crippen LogP contribution is 2.21. The van der Waals surface area contributed by atoms with Gasteiger partial charge in [0.2, 0.25) is 0 Å². The first-order chi connectivity index (χ1) is 13.2. The topological polar surface area (TPSA) is 72.6 Å². The lowest BCUT2D eigenvalue weighted by Gasteiger charge is -2.32. The molecule has 0 spiro atoms. The second-order valence-corrected chi connectivity index (χ2v) is 6.84. The van der Waals surface area contributed by atoms with Gasteiger partial charge in [-0.25, -0.2) is 4.98 Å². The normalized spacial score (nSPS) is 17.4. The van der Waals surface area contributed by atoms with Gasteiger partial charge in [0.05, 0.1) is 6.10 Å². The van der Waals surface area contributed by atoms with E-state index in [1.807, 2.05) is 35.4 Å². The van der Waals surface area contributed by atoms with Crippen LogP contribution in [0.25, 0.3) is 16.9 Å². The summed E-state index contributed by atoms with van der Waals surface area (Å²) in [6.07, 6.45) is 8.49. The van der Waals surface area contributed by atoms with Gasteiger partial charge in [0, 0.05) is 43.2 Å². The van der Waals surface area contributed by atoms with Crippen LogP contribution in [0.5, 0.6) is 0 Å². The van der Waals surface area contributed by atoms with Crippen LogP contribution in [0.1, 0.15) is 36.5 Å². The van der Waals surface area contributed by atoms with Crippen LogP contribution < -0.4 is 0 Å². The van der Waals surface area contributed by atoms with E-state index in [1.165, 1.54) is 0 Å². The largest absolute Gasteiger partial charge is 0.376 e. The van der Waals surface area contributed by atoms with Crippen LogP contribution in [0.3, 0.4) is 0 Å². The molecule has 4 rings (SSSR count). The van der Waals surface area contributed by atoms with Gasteiger partial charge < -0.3 is 9.64 Å². The number of benzene rings is 1. The molecule has 1 saturated heterocycles. The van der Waals surface area contributed by atoms with Crippen molar-refractivity contribution in [2.45, 2.75) is 32.3 Å². The molecule has 3 heterocycles. The van der Waals surface area contributed by atoms with Gasteiger partial charge in [-0.2, -0.15) is 0 Å². The van der Waals surface area contributed by atoms with E-state index in [2.05, 4.69) is 22.1 Å². The van der Waals surface area contributed by atoms with E-state index in [4.69, 9.17) is 4.74 Å². The third-order valence-electron chi connectivity index (χ3n) is 4.84. The van der Waals surface area contributed by atoms with Crippen molar-refractivity contribution in [2.24, 2.45) is 0 Å². The van der Waals surface area contributed by atoms with Gasteiger partial charge in [0.25, 0.3) is 11.7 Å². The maximum Gasteiger partial charge on any atom is 0.254 e. The molecular formula is C20H23N5O2. The summed E-state index contributed by atoms with van der Waals surface area (Å²) in [5.74, 6) is 0.634. The van der Waals surface area contributed by atoms with Gasteiger partial charge in [-0.05, 0) is 37.0 Å². The number of piperidine rings is 1. The Kier molecular flexibility index (Phi) is 5.11. The molecule has 140 valence electrons. The molecular weight excluding hydrogens is 342 g/mol. The number of nitrogens with zero attached hydrogens (tertiary/aromatic N) is 5. The Labute approximate surface area is 158 Å². The fourth-order valence-corrected chi connectivity index (χ4v) is 3.41. The number of amides is 1. The van der Waals surface area contributed by atoms with Gasteiger partial charge in [-0.15, -0.1) is 10.2 Å². The average molecular weight is 365 g/mol. The van der Waals surface area contributed by atoms with Crippen molar-refractivity contribution in [3.05, 3.63) is 48.5 Å². The van der Waals surface area contributed by atoms with Crippen molar-refractivity contribution in [3.8, 4) is 11.1 Å². The first-order valence-electron chi connectivity index (χ1n) is 9.41. The highest BCUT2D eigenvalue weighted by atomic mass is 16.5. The molecule has 2 aromatic heterocycles. The Morgan fingerprint density at radius 2 is 2.11 bits per heavy atom.